The van der Waals surface area contributed by atoms with Gasteiger partial charge in [0.15, 0.2) is 5.06 Å². The Labute approximate surface area is 146 Å². The molecule has 1 unspecified atom stereocenters. The summed E-state index contributed by atoms with van der Waals surface area (Å²) in [4.78, 5) is 15.7. The summed E-state index contributed by atoms with van der Waals surface area (Å²) in [5.41, 5.74) is 1.20. The fraction of sp³-hybridized carbons (Fsp3) is 0.421. The second-order valence-electron chi connectivity index (χ2n) is 6.75. The van der Waals surface area contributed by atoms with Gasteiger partial charge < -0.3 is 15.0 Å². The molecule has 1 atom stereocenters. The molecule has 2 bridgehead atoms. The third-order valence-electron chi connectivity index (χ3n) is 5.02. The Bertz CT molecular complexity index is 717. The largest absolute Gasteiger partial charge is 0.447 e. The van der Waals surface area contributed by atoms with E-state index in [1.54, 1.807) is 0 Å². The average molecular weight is 342 g/mol. The molecule has 4 nitrogen and oxygen atoms in total. The third-order valence-corrected chi connectivity index (χ3v) is 5.98. The molecule has 0 aliphatic carbocycles. The summed E-state index contributed by atoms with van der Waals surface area (Å²) in [6.45, 7) is 5.41. The molecule has 3 fully saturated rings. The maximum atomic E-state index is 12.5. The van der Waals surface area contributed by atoms with Crippen LogP contribution in [-0.4, -0.2) is 36.5 Å². The van der Waals surface area contributed by atoms with Gasteiger partial charge in [-0.15, -0.1) is 0 Å². The second kappa shape index (κ2) is 6.57. The first-order chi connectivity index (χ1) is 11.7. The number of piperidine rings is 3. The number of nitrogens with zero attached hydrogens (tertiary/aromatic N) is 1. The van der Waals surface area contributed by atoms with E-state index in [2.05, 4.69) is 10.2 Å². The minimum atomic E-state index is 0.0255. The van der Waals surface area contributed by atoms with Gasteiger partial charge in [-0.1, -0.05) is 29.0 Å². The van der Waals surface area contributed by atoms with Crippen LogP contribution in [0.5, 0.6) is 10.8 Å². The topological polar surface area (TPSA) is 41.6 Å². The normalized spacial score (nSPS) is 25.5. The molecule has 5 rings (SSSR count). The van der Waals surface area contributed by atoms with Crippen molar-refractivity contribution in [3.05, 3.63) is 46.8 Å². The van der Waals surface area contributed by atoms with Gasteiger partial charge >= 0.3 is 0 Å². The van der Waals surface area contributed by atoms with Crippen molar-refractivity contribution in [1.29, 1.82) is 0 Å². The molecule has 2 aromatic rings. The molecule has 24 heavy (non-hydrogen) atoms. The first kappa shape index (κ1) is 15.7. The van der Waals surface area contributed by atoms with Gasteiger partial charge in [0.1, 0.15) is 5.75 Å². The molecule has 1 amide bonds. The number of rotatable bonds is 4. The minimum Gasteiger partial charge on any atom is -0.447 e. The summed E-state index contributed by atoms with van der Waals surface area (Å²) in [6, 6.07) is 11.9. The predicted molar refractivity (Wildman–Crippen MR) is 96.0 cm³/mol. The van der Waals surface area contributed by atoms with Crippen molar-refractivity contribution < 1.29 is 9.53 Å². The molecule has 1 aromatic heterocycles. The molecule has 126 valence electrons. The van der Waals surface area contributed by atoms with Gasteiger partial charge in [-0.25, -0.2) is 0 Å². The van der Waals surface area contributed by atoms with Crippen LogP contribution in [0.15, 0.2) is 36.4 Å². The standard InChI is InChI=1S/C19H22N2O2S/c1-13-2-4-15(5-3-13)23-18-7-6-17(24-18)19(22)20-16-12-21-10-8-14(16)9-11-21/h2-7,14,16H,8-12H2,1H3,(H,20,22). The van der Waals surface area contributed by atoms with Gasteiger partial charge in [0.05, 0.1) is 4.88 Å². The molecule has 4 heterocycles. The van der Waals surface area contributed by atoms with Crippen molar-refractivity contribution >= 4 is 17.2 Å². The summed E-state index contributed by atoms with van der Waals surface area (Å²) in [7, 11) is 0. The van der Waals surface area contributed by atoms with Crippen LogP contribution in [0.25, 0.3) is 0 Å². The van der Waals surface area contributed by atoms with E-state index in [4.69, 9.17) is 4.74 Å². The zero-order valence-corrected chi connectivity index (χ0v) is 14.6. The molecule has 0 saturated carbocycles. The van der Waals surface area contributed by atoms with E-state index in [9.17, 15) is 4.79 Å². The first-order valence-electron chi connectivity index (χ1n) is 8.55. The molecule has 1 aromatic carbocycles. The monoisotopic (exact) mass is 342 g/mol. The number of fused-ring (bicyclic) bond motifs is 3. The van der Waals surface area contributed by atoms with Crippen LogP contribution in [0.3, 0.4) is 0 Å². The van der Waals surface area contributed by atoms with E-state index >= 15 is 0 Å². The van der Waals surface area contributed by atoms with Gasteiger partial charge in [0.2, 0.25) is 0 Å². The van der Waals surface area contributed by atoms with Crippen LogP contribution < -0.4 is 10.1 Å². The molecule has 0 spiro atoms. The van der Waals surface area contributed by atoms with E-state index in [-0.39, 0.29) is 5.91 Å². The predicted octanol–water partition coefficient (Wildman–Crippen LogP) is 3.67. The highest BCUT2D eigenvalue weighted by molar-refractivity contribution is 7.15. The van der Waals surface area contributed by atoms with Crippen molar-refractivity contribution in [2.45, 2.75) is 25.8 Å². The van der Waals surface area contributed by atoms with Gasteiger partial charge in [-0.05, 0) is 63.0 Å². The quantitative estimate of drug-likeness (QED) is 0.922. The summed E-state index contributed by atoms with van der Waals surface area (Å²) < 4.78 is 5.83. The number of amides is 1. The summed E-state index contributed by atoms with van der Waals surface area (Å²) in [5.74, 6) is 1.46. The average Bonchev–Trinajstić information content (AvgIpc) is 3.07. The van der Waals surface area contributed by atoms with Crippen molar-refractivity contribution in [2.75, 3.05) is 19.6 Å². The zero-order valence-electron chi connectivity index (χ0n) is 13.8. The highest BCUT2D eigenvalue weighted by Crippen LogP contribution is 2.31. The van der Waals surface area contributed by atoms with Crippen molar-refractivity contribution in [1.82, 2.24) is 10.2 Å². The number of aryl methyl sites for hydroxylation is 1. The fourth-order valence-electron chi connectivity index (χ4n) is 3.59. The number of hydrogen-bond acceptors (Lipinski definition) is 4. The Morgan fingerprint density at radius 3 is 2.58 bits per heavy atom. The van der Waals surface area contributed by atoms with Crippen LogP contribution in [0.4, 0.5) is 0 Å². The lowest BCUT2D eigenvalue weighted by Crippen LogP contribution is -2.57. The lowest BCUT2D eigenvalue weighted by Gasteiger charge is -2.44. The molecule has 0 radical (unpaired) electrons. The zero-order chi connectivity index (χ0) is 16.5. The van der Waals surface area contributed by atoms with Crippen LogP contribution >= 0.6 is 11.3 Å². The van der Waals surface area contributed by atoms with Crippen molar-refractivity contribution in [3.63, 3.8) is 0 Å². The maximum Gasteiger partial charge on any atom is 0.261 e. The van der Waals surface area contributed by atoms with Gasteiger partial charge in [0, 0.05) is 12.6 Å². The number of thiophene rings is 1. The first-order valence-corrected chi connectivity index (χ1v) is 9.36. The summed E-state index contributed by atoms with van der Waals surface area (Å²) in [6.07, 6.45) is 2.41. The highest BCUT2D eigenvalue weighted by Gasteiger charge is 2.35. The number of nitrogens with one attached hydrogen (secondary N) is 1. The Kier molecular flexibility index (Phi) is 4.29. The number of carbonyl (C=O) groups is 1. The molecular weight excluding hydrogens is 320 g/mol. The molecule has 3 saturated heterocycles. The van der Waals surface area contributed by atoms with E-state index in [0.29, 0.717) is 16.8 Å². The molecule has 5 heteroatoms. The van der Waals surface area contributed by atoms with E-state index in [0.717, 1.165) is 17.4 Å². The molecule has 3 aliphatic rings. The highest BCUT2D eigenvalue weighted by atomic mass is 32.1. The lowest BCUT2D eigenvalue weighted by molar-refractivity contribution is 0.0622. The van der Waals surface area contributed by atoms with E-state index in [1.807, 2.05) is 43.3 Å². The van der Waals surface area contributed by atoms with Crippen LogP contribution in [0.1, 0.15) is 28.1 Å². The lowest BCUT2D eigenvalue weighted by atomic mass is 9.84. The summed E-state index contributed by atoms with van der Waals surface area (Å²) in [5, 5.41) is 3.97. The van der Waals surface area contributed by atoms with Crippen LogP contribution in [0, 0.1) is 12.8 Å². The van der Waals surface area contributed by atoms with Crippen molar-refractivity contribution in [2.24, 2.45) is 5.92 Å². The van der Waals surface area contributed by atoms with E-state index < -0.39 is 0 Å². The number of ether oxygens (including phenoxy) is 1. The number of carbonyl (C=O) groups excluding carboxylic acids is 1. The third kappa shape index (κ3) is 3.32. The Hall–Kier alpha value is -1.85. The fourth-order valence-corrected chi connectivity index (χ4v) is 4.37. The Balaban J connectivity index is 1.39. The van der Waals surface area contributed by atoms with Gasteiger partial charge in [0.25, 0.3) is 5.91 Å². The van der Waals surface area contributed by atoms with Crippen LogP contribution in [-0.2, 0) is 0 Å². The Morgan fingerprint density at radius 1 is 1.17 bits per heavy atom. The van der Waals surface area contributed by atoms with E-state index in [1.165, 1.54) is 42.8 Å². The smallest absolute Gasteiger partial charge is 0.261 e. The van der Waals surface area contributed by atoms with Gasteiger partial charge in [-0.2, -0.15) is 0 Å². The number of benzene rings is 1. The molecular formula is C19H22N2O2S. The second-order valence-corrected chi connectivity index (χ2v) is 7.80. The summed E-state index contributed by atoms with van der Waals surface area (Å²) >= 11 is 1.40. The SMILES string of the molecule is Cc1ccc(Oc2ccc(C(=O)NC3CN4CCC3CC4)s2)cc1. The van der Waals surface area contributed by atoms with Crippen LogP contribution in [0.2, 0.25) is 0 Å². The maximum absolute atomic E-state index is 12.5. The molecule has 1 N–H and O–H groups in total. The minimum absolute atomic E-state index is 0.0255. The Morgan fingerprint density at radius 2 is 1.92 bits per heavy atom. The number of hydrogen-bond donors (Lipinski definition) is 1. The van der Waals surface area contributed by atoms with Crippen molar-refractivity contribution in [3.8, 4) is 10.8 Å². The van der Waals surface area contributed by atoms with Gasteiger partial charge in [-0.3, -0.25) is 4.79 Å². The molecule has 3 aliphatic heterocycles.